The van der Waals surface area contributed by atoms with E-state index in [9.17, 15) is 4.79 Å². The van der Waals surface area contributed by atoms with Crippen LogP contribution in [0.4, 0.5) is 0 Å². The highest BCUT2D eigenvalue weighted by Crippen LogP contribution is 2.18. The van der Waals surface area contributed by atoms with Crippen molar-refractivity contribution < 1.29 is 4.79 Å². The summed E-state index contributed by atoms with van der Waals surface area (Å²) in [6, 6.07) is 1.89. The van der Waals surface area contributed by atoms with Gasteiger partial charge in [-0.3, -0.25) is 4.79 Å². The summed E-state index contributed by atoms with van der Waals surface area (Å²) in [5.41, 5.74) is 11.7. The van der Waals surface area contributed by atoms with Crippen LogP contribution in [-0.4, -0.2) is 27.2 Å². The molecule has 5 nitrogen and oxygen atoms in total. The van der Waals surface area contributed by atoms with Crippen LogP contribution in [0.3, 0.4) is 0 Å². The fraction of sp³-hybridized carbons (Fsp3) is 0.500. The molecule has 6 heteroatoms. The van der Waals surface area contributed by atoms with Crippen molar-refractivity contribution >= 4 is 17.7 Å². The monoisotopic (exact) mass is 240 g/mol. The van der Waals surface area contributed by atoms with E-state index in [-0.39, 0.29) is 0 Å². The summed E-state index contributed by atoms with van der Waals surface area (Å²) in [6.07, 6.45) is 0. The molecule has 1 unspecified atom stereocenters. The highest BCUT2D eigenvalue weighted by Gasteiger charge is 2.26. The van der Waals surface area contributed by atoms with Crippen molar-refractivity contribution in [1.29, 1.82) is 0 Å². The van der Waals surface area contributed by atoms with Gasteiger partial charge < -0.3 is 11.5 Å². The van der Waals surface area contributed by atoms with Crippen molar-refractivity contribution in [2.45, 2.75) is 31.5 Å². The van der Waals surface area contributed by atoms with Crippen molar-refractivity contribution in [3.05, 3.63) is 17.5 Å². The number of amides is 1. The molecule has 1 heterocycles. The molecule has 0 bridgehead atoms. The SMILES string of the molecule is Cc1cc(C)nc(SCC(C)(N)C(N)=O)n1. The van der Waals surface area contributed by atoms with Crippen LogP contribution in [0.15, 0.2) is 11.2 Å². The first-order valence-electron chi connectivity index (χ1n) is 4.85. The highest BCUT2D eigenvalue weighted by molar-refractivity contribution is 7.99. The molecule has 0 saturated heterocycles. The number of hydrogen-bond donors (Lipinski definition) is 2. The van der Waals surface area contributed by atoms with Crippen LogP contribution in [0.5, 0.6) is 0 Å². The maximum absolute atomic E-state index is 11.0. The molecule has 1 aromatic heterocycles. The van der Waals surface area contributed by atoms with Crippen LogP contribution in [0.1, 0.15) is 18.3 Å². The molecule has 0 aliphatic heterocycles. The Hall–Kier alpha value is -1.14. The van der Waals surface area contributed by atoms with Crippen LogP contribution in [0.2, 0.25) is 0 Å². The lowest BCUT2D eigenvalue weighted by Crippen LogP contribution is -2.51. The zero-order valence-electron chi connectivity index (χ0n) is 9.65. The van der Waals surface area contributed by atoms with Crippen LogP contribution >= 0.6 is 11.8 Å². The first kappa shape index (κ1) is 12.9. The number of carbonyl (C=O) groups excluding carboxylic acids is 1. The summed E-state index contributed by atoms with van der Waals surface area (Å²) < 4.78 is 0. The number of hydrogen-bond acceptors (Lipinski definition) is 5. The minimum atomic E-state index is -1.04. The Morgan fingerprint density at radius 3 is 2.38 bits per heavy atom. The molecule has 0 aliphatic rings. The van der Waals surface area contributed by atoms with E-state index in [1.807, 2.05) is 19.9 Å². The maximum atomic E-state index is 11.0. The van der Waals surface area contributed by atoms with E-state index in [0.717, 1.165) is 11.4 Å². The van der Waals surface area contributed by atoms with E-state index in [2.05, 4.69) is 9.97 Å². The number of carbonyl (C=O) groups is 1. The molecule has 4 N–H and O–H groups in total. The van der Waals surface area contributed by atoms with Gasteiger partial charge in [-0.15, -0.1) is 0 Å². The topological polar surface area (TPSA) is 94.9 Å². The highest BCUT2D eigenvalue weighted by atomic mass is 32.2. The molecule has 0 radical (unpaired) electrons. The summed E-state index contributed by atoms with van der Waals surface area (Å²) in [5.74, 6) is -0.157. The molecule has 1 amide bonds. The summed E-state index contributed by atoms with van der Waals surface area (Å²) in [4.78, 5) is 19.5. The second kappa shape index (κ2) is 4.80. The van der Waals surface area contributed by atoms with E-state index in [0.29, 0.717) is 10.9 Å². The lowest BCUT2D eigenvalue weighted by Gasteiger charge is -2.19. The van der Waals surface area contributed by atoms with Gasteiger partial charge in [0, 0.05) is 17.1 Å². The lowest BCUT2D eigenvalue weighted by molar-refractivity contribution is -0.121. The maximum Gasteiger partial charge on any atom is 0.238 e. The van der Waals surface area contributed by atoms with Gasteiger partial charge in [0.25, 0.3) is 0 Å². The number of rotatable bonds is 4. The Kier molecular flexibility index (Phi) is 3.88. The number of nitrogens with zero attached hydrogens (tertiary/aromatic N) is 2. The smallest absolute Gasteiger partial charge is 0.238 e. The van der Waals surface area contributed by atoms with Gasteiger partial charge in [-0.25, -0.2) is 9.97 Å². The Bertz CT molecular complexity index is 386. The van der Waals surface area contributed by atoms with Gasteiger partial charge in [-0.2, -0.15) is 0 Å². The summed E-state index contributed by atoms with van der Waals surface area (Å²) in [6.45, 7) is 5.40. The number of thioether (sulfide) groups is 1. The molecule has 1 rings (SSSR count). The van der Waals surface area contributed by atoms with Crippen molar-refractivity contribution in [3.8, 4) is 0 Å². The average Bonchev–Trinajstić information content (AvgIpc) is 2.13. The van der Waals surface area contributed by atoms with Crippen molar-refractivity contribution in [2.75, 3.05) is 5.75 Å². The largest absolute Gasteiger partial charge is 0.368 e. The molecule has 0 saturated carbocycles. The number of aryl methyl sites for hydroxylation is 2. The van der Waals surface area contributed by atoms with Gasteiger partial charge in [0.1, 0.15) is 5.54 Å². The third-order valence-corrected chi connectivity index (χ3v) is 3.21. The third-order valence-electron chi connectivity index (χ3n) is 2.03. The zero-order valence-corrected chi connectivity index (χ0v) is 10.5. The van der Waals surface area contributed by atoms with Gasteiger partial charge >= 0.3 is 0 Å². The minimum Gasteiger partial charge on any atom is -0.368 e. The molecule has 1 aromatic rings. The average molecular weight is 240 g/mol. The van der Waals surface area contributed by atoms with Crippen molar-refractivity contribution in [3.63, 3.8) is 0 Å². The molecular weight excluding hydrogens is 224 g/mol. The zero-order chi connectivity index (χ0) is 12.3. The fourth-order valence-corrected chi connectivity index (χ4v) is 2.03. The van der Waals surface area contributed by atoms with Crippen LogP contribution in [-0.2, 0) is 4.79 Å². The van der Waals surface area contributed by atoms with Gasteiger partial charge in [-0.05, 0) is 26.8 Å². The van der Waals surface area contributed by atoms with E-state index in [1.54, 1.807) is 6.92 Å². The second-order valence-corrected chi connectivity index (χ2v) is 4.95. The van der Waals surface area contributed by atoms with Gasteiger partial charge in [0.2, 0.25) is 5.91 Å². The van der Waals surface area contributed by atoms with E-state index >= 15 is 0 Å². The normalized spacial score (nSPS) is 14.5. The molecule has 16 heavy (non-hydrogen) atoms. The number of aromatic nitrogens is 2. The predicted octanol–water partition coefficient (Wildman–Crippen LogP) is 0.388. The van der Waals surface area contributed by atoms with Gasteiger partial charge in [0.15, 0.2) is 5.16 Å². The summed E-state index contributed by atoms with van der Waals surface area (Å²) >= 11 is 1.34. The Morgan fingerprint density at radius 1 is 1.44 bits per heavy atom. The van der Waals surface area contributed by atoms with Crippen molar-refractivity contribution in [2.24, 2.45) is 11.5 Å². The first-order valence-corrected chi connectivity index (χ1v) is 5.84. The predicted molar refractivity (Wildman–Crippen MR) is 64.0 cm³/mol. The van der Waals surface area contributed by atoms with Gasteiger partial charge in [-0.1, -0.05) is 11.8 Å². The van der Waals surface area contributed by atoms with E-state index < -0.39 is 11.4 Å². The third kappa shape index (κ3) is 3.46. The second-order valence-electron chi connectivity index (χ2n) is 4.00. The number of primary amides is 1. The standard InChI is InChI=1S/C10H16N4OS/c1-6-4-7(2)14-9(13-6)16-5-10(3,12)8(11)15/h4H,5,12H2,1-3H3,(H2,11,15). The van der Waals surface area contributed by atoms with E-state index in [1.165, 1.54) is 11.8 Å². The van der Waals surface area contributed by atoms with Crippen LogP contribution in [0.25, 0.3) is 0 Å². The fourth-order valence-electron chi connectivity index (χ4n) is 1.04. The Morgan fingerprint density at radius 2 is 1.94 bits per heavy atom. The van der Waals surface area contributed by atoms with Crippen molar-refractivity contribution in [1.82, 2.24) is 9.97 Å². The number of nitrogens with two attached hydrogens (primary N) is 2. The molecular formula is C10H16N4OS. The molecule has 0 aromatic carbocycles. The molecule has 0 fully saturated rings. The van der Waals surface area contributed by atoms with Crippen LogP contribution in [0, 0.1) is 13.8 Å². The molecule has 88 valence electrons. The molecule has 1 atom stereocenters. The lowest BCUT2D eigenvalue weighted by atomic mass is 10.1. The van der Waals surface area contributed by atoms with Crippen LogP contribution < -0.4 is 11.5 Å². The quantitative estimate of drug-likeness (QED) is 0.586. The Labute approximate surface area is 99.0 Å². The molecule has 0 aliphatic carbocycles. The molecule has 0 spiro atoms. The minimum absolute atomic E-state index is 0.366. The summed E-state index contributed by atoms with van der Waals surface area (Å²) in [7, 11) is 0. The summed E-state index contributed by atoms with van der Waals surface area (Å²) in [5, 5.41) is 0.621. The van der Waals surface area contributed by atoms with E-state index in [4.69, 9.17) is 11.5 Å². The first-order chi connectivity index (χ1) is 7.31. The Balaban J connectivity index is 2.71. The van der Waals surface area contributed by atoms with Gasteiger partial charge in [0.05, 0.1) is 0 Å².